The largest absolute Gasteiger partial charge is 0.454 e. The highest BCUT2D eigenvalue weighted by Crippen LogP contribution is 2.43. The SMILES string of the molecule is CCNC(=NCC(=O)N(C)C)NCC1(c2ccc3c(c2)OCO3)CCCCC1.I. The number of amides is 1. The Hall–Kier alpha value is -1.71. The second-order valence-corrected chi connectivity index (χ2v) is 7.75. The fraction of sp³-hybridized carbons (Fsp3) is 0.619. The normalized spacial score (nSPS) is 17.3. The summed E-state index contributed by atoms with van der Waals surface area (Å²) >= 11 is 0. The first-order valence-corrected chi connectivity index (χ1v) is 10.2. The molecule has 1 fully saturated rings. The van der Waals surface area contributed by atoms with Crippen LogP contribution < -0.4 is 20.1 Å². The van der Waals surface area contributed by atoms with Gasteiger partial charge in [-0.25, -0.2) is 4.99 Å². The smallest absolute Gasteiger partial charge is 0.243 e. The molecular formula is C21H33IN4O3. The van der Waals surface area contributed by atoms with Gasteiger partial charge in [-0.15, -0.1) is 24.0 Å². The molecule has 162 valence electrons. The Balaban J connectivity index is 0.00000300. The number of halogens is 1. The number of benzene rings is 1. The maximum absolute atomic E-state index is 11.9. The first-order chi connectivity index (χ1) is 13.5. The fourth-order valence-electron chi connectivity index (χ4n) is 3.91. The van der Waals surface area contributed by atoms with Gasteiger partial charge >= 0.3 is 0 Å². The van der Waals surface area contributed by atoms with Gasteiger partial charge in [0.25, 0.3) is 0 Å². The minimum Gasteiger partial charge on any atom is -0.454 e. The van der Waals surface area contributed by atoms with Crippen LogP contribution in [0.15, 0.2) is 23.2 Å². The molecule has 0 aromatic heterocycles. The number of likely N-dealkylation sites (N-methyl/N-ethyl adjacent to an activating group) is 1. The van der Waals surface area contributed by atoms with E-state index in [0.717, 1.165) is 37.4 Å². The Kier molecular flexibility index (Phi) is 8.85. The van der Waals surface area contributed by atoms with Crippen molar-refractivity contribution in [3.05, 3.63) is 23.8 Å². The molecular weight excluding hydrogens is 483 g/mol. The fourth-order valence-corrected chi connectivity index (χ4v) is 3.91. The van der Waals surface area contributed by atoms with Crippen molar-refractivity contribution in [3.63, 3.8) is 0 Å². The highest BCUT2D eigenvalue weighted by atomic mass is 127. The summed E-state index contributed by atoms with van der Waals surface area (Å²) in [4.78, 5) is 17.9. The third kappa shape index (κ3) is 5.90. The van der Waals surface area contributed by atoms with Gasteiger partial charge in [0.15, 0.2) is 17.5 Å². The second-order valence-electron chi connectivity index (χ2n) is 7.75. The van der Waals surface area contributed by atoms with E-state index in [1.54, 1.807) is 19.0 Å². The molecule has 1 aromatic rings. The molecule has 1 aromatic carbocycles. The van der Waals surface area contributed by atoms with Crippen molar-refractivity contribution >= 4 is 35.8 Å². The summed E-state index contributed by atoms with van der Waals surface area (Å²) in [5, 5.41) is 6.74. The monoisotopic (exact) mass is 516 g/mol. The summed E-state index contributed by atoms with van der Waals surface area (Å²) in [6.07, 6.45) is 5.94. The van der Waals surface area contributed by atoms with Gasteiger partial charge in [0, 0.05) is 32.6 Å². The van der Waals surface area contributed by atoms with E-state index < -0.39 is 0 Å². The molecule has 0 atom stereocenters. The predicted molar refractivity (Wildman–Crippen MR) is 125 cm³/mol. The van der Waals surface area contributed by atoms with Crippen LogP contribution in [0.4, 0.5) is 0 Å². The highest BCUT2D eigenvalue weighted by molar-refractivity contribution is 14.0. The Morgan fingerprint density at radius 3 is 2.55 bits per heavy atom. The highest BCUT2D eigenvalue weighted by Gasteiger charge is 2.35. The molecule has 1 heterocycles. The Bertz CT molecular complexity index is 718. The van der Waals surface area contributed by atoms with Crippen molar-refractivity contribution < 1.29 is 14.3 Å². The number of guanidine groups is 1. The zero-order chi connectivity index (χ0) is 20.0. The standard InChI is InChI=1S/C21H32N4O3.HI/c1-4-22-20(23-13-19(26)25(2)3)24-14-21(10-6-5-7-11-21)16-8-9-17-18(12-16)28-15-27-17;/h8-9,12H,4-7,10-11,13-15H2,1-3H3,(H2,22,23,24);1H. The van der Waals surface area contributed by atoms with Crippen LogP contribution in [0, 0.1) is 0 Å². The molecule has 8 heteroatoms. The van der Waals surface area contributed by atoms with E-state index in [-0.39, 0.29) is 41.8 Å². The van der Waals surface area contributed by atoms with Crippen LogP contribution in [-0.4, -0.2) is 57.3 Å². The van der Waals surface area contributed by atoms with Gasteiger partial charge < -0.3 is 25.0 Å². The number of fused-ring (bicyclic) bond motifs is 1. The zero-order valence-corrected chi connectivity index (χ0v) is 20.0. The quantitative estimate of drug-likeness (QED) is 0.346. The lowest BCUT2D eigenvalue weighted by molar-refractivity contribution is -0.127. The molecule has 2 aliphatic rings. The molecule has 1 aliphatic heterocycles. The molecule has 0 spiro atoms. The number of ether oxygens (including phenoxy) is 2. The van der Waals surface area contributed by atoms with Crippen LogP contribution >= 0.6 is 24.0 Å². The van der Waals surface area contributed by atoms with Crippen molar-refractivity contribution in [2.75, 3.05) is 40.5 Å². The zero-order valence-electron chi connectivity index (χ0n) is 17.6. The van der Waals surface area contributed by atoms with Crippen LogP contribution in [0.3, 0.4) is 0 Å². The summed E-state index contributed by atoms with van der Waals surface area (Å²) < 4.78 is 11.1. The molecule has 1 aliphatic carbocycles. The van der Waals surface area contributed by atoms with Crippen molar-refractivity contribution in [1.82, 2.24) is 15.5 Å². The molecule has 2 N–H and O–H groups in total. The summed E-state index contributed by atoms with van der Waals surface area (Å²) in [6, 6.07) is 6.32. The van der Waals surface area contributed by atoms with Gasteiger partial charge in [-0.05, 0) is 37.5 Å². The second kappa shape index (κ2) is 10.9. The third-order valence-electron chi connectivity index (χ3n) is 5.61. The summed E-state index contributed by atoms with van der Waals surface area (Å²) in [5.74, 6) is 2.32. The van der Waals surface area contributed by atoms with Crippen molar-refractivity contribution in [2.24, 2.45) is 4.99 Å². The topological polar surface area (TPSA) is 75.2 Å². The lowest BCUT2D eigenvalue weighted by atomic mass is 9.69. The Labute approximate surface area is 190 Å². The molecule has 1 amide bonds. The lowest BCUT2D eigenvalue weighted by Crippen LogP contribution is -2.47. The average Bonchev–Trinajstić information content (AvgIpc) is 3.18. The van der Waals surface area contributed by atoms with E-state index in [1.165, 1.54) is 24.8 Å². The first kappa shape index (κ1) is 23.6. The van der Waals surface area contributed by atoms with Gasteiger partial charge in [0.1, 0.15) is 6.54 Å². The number of nitrogens with one attached hydrogen (secondary N) is 2. The maximum atomic E-state index is 11.9. The molecule has 0 saturated heterocycles. The lowest BCUT2D eigenvalue weighted by Gasteiger charge is -2.38. The van der Waals surface area contributed by atoms with E-state index in [2.05, 4.69) is 27.8 Å². The van der Waals surface area contributed by atoms with Crippen LogP contribution in [-0.2, 0) is 10.2 Å². The Morgan fingerprint density at radius 1 is 1.14 bits per heavy atom. The van der Waals surface area contributed by atoms with Crippen LogP contribution in [0.5, 0.6) is 11.5 Å². The van der Waals surface area contributed by atoms with E-state index in [1.807, 2.05) is 13.0 Å². The van der Waals surface area contributed by atoms with E-state index in [4.69, 9.17) is 9.47 Å². The predicted octanol–water partition coefficient (Wildman–Crippen LogP) is 2.88. The van der Waals surface area contributed by atoms with E-state index in [9.17, 15) is 4.79 Å². The van der Waals surface area contributed by atoms with E-state index in [0.29, 0.717) is 12.8 Å². The van der Waals surface area contributed by atoms with Crippen LogP contribution in [0.2, 0.25) is 0 Å². The molecule has 0 radical (unpaired) electrons. The number of rotatable bonds is 6. The third-order valence-corrected chi connectivity index (χ3v) is 5.61. The summed E-state index contributed by atoms with van der Waals surface area (Å²) in [6.45, 7) is 3.98. The average molecular weight is 516 g/mol. The van der Waals surface area contributed by atoms with Gasteiger partial charge in [-0.1, -0.05) is 25.3 Å². The summed E-state index contributed by atoms with van der Waals surface area (Å²) in [5.41, 5.74) is 1.31. The number of hydrogen-bond acceptors (Lipinski definition) is 4. The van der Waals surface area contributed by atoms with Gasteiger partial charge in [-0.3, -0.25) is 4.79 Å². The number of carbonyl (C=O) groups is 1. The van der Waals surface area contributed by atoms with E-state index >= 15 is 0 Å². The minimum absolute atomic E-state index is 0. The van der Waals surface area contributed by atoms with Crippen LogP contribution in [0.1, 0.15) is 44.6 Å². The molecule has 7 nitrogen and oxygen atoms in total. The molecule has 0 bridgehead atoms. The van der Waals surface area contributed by atoms with Gasteiger partial charge in [-0.2, -0.15) is 0 Å². The molecule has 29 heavy (non-hydrogen) atoms. The number of carbonyl (C=O) groups excluding carboxylic acids is 1. The van der Waals surface area contributed by atoms with Gasteiger partial charge in [0.2, 0.25) is 12.7 Å². The van der Waals surface area contributed by atoms with Crippen LogP contribution in [0.25, 0.3) is 0 Å². The van der Waals surface area contributed by atoms with Crippen molar-refractivity contribution in [2.45, 2.75) is 44.4 Å². The number of aliphatic imine (C=N–C) groups is 1. The number of nitrogens with zero attached hydrogens (tertiary/aromatic N) is 2. The Morgan fingerprint density at radius 2 is 1.86 bits per heavy atom. The molecule has 1 saturated carbocycles. The number of hydrogen-bond donors (Lipinski definition) is 2. The van der Waals surface area contributed by atoms with Crippen molar-refractivity contribution in [3.8, 4) is 11.5 Å². The molecule has 3 rings (SSSR count). The first-order valence-electron chi connectivity index (χ1n) is 10.2. The summed E-state index contributed by atoms with van der Waals surface area (Å²) in [7, 11) is 3.49. The maximum Gasteiger partial charge on any atom is 0.243 e. The minimum atomic E-state index is -0.0136. The van der Waals surface area contributed by atoms with Crippen molar-refractivity contribution in [1.29, 1.82) is 0 Å². The van der Waals surface area contributed by atoms with Gasteiger partial charge in [0.05, 0.1) is 0 Å². The molecule has 0 unspecified atom stereocenters.